The van der Waals surface area contributed by atoms with Crippen LogP contribution in [0.2, 0.25) is 0 Å². The fourth-order valence-corrected chi connectivity index (χ4v) is 6.87. The number of hydrogen-bond acceptors (Lipinski definition) is 5. The van der Waals surface area contributed by atoms with E-state index in [1.54, 1.807) is 6.20 Å². The number of benzene rings is 1. The maximum absolute atomic E-state index is 11.6. The van der Waals surface area contributed by atoms with Crippen molar-refractivity contribution < 1.29 is 19.8 Å². The monoisotopic (exact) mass is 599 g/mol. The molecule has 226 valence electrons. The van der Waals surface area contributed by atoms with Gasteiger partial charge in [-0.05, 0) is 110 Å². The smallest absolute Gasteiger partial charge is 0.303 e. The number of pyridine rings is 1. The lowest BCUT2D eigenvalue weighted by molar-refractivity contribution is -0.137. The van der Waals surface area contributed by atoms with Crippen LogP contribution >= 0.6 is 0 Å². The predicted molar refractivity (Wildman–Crippen MR) is 178 cm³/mol. The van der Waals surface area contributed by atoms with E-state index < -0.39 is 11.9 Å². The lowest BCUT2D eigenvalue weighted by Crippen LogP contribution is -1.98. The summed E-state index contributed by atoms with van der Waals surface area (Å²) < 4.78 is 0. The van der Waals surface area contributed by atoms with Gasteiger partial charge in [-0.3, -0.25) is 14.6 Å². The molecule has 0 saturated carbocycles. The third-order valence-electron chi connectivity index (χ3n) is 9.29. The van der Waals surface area contributed by atoms with Crippen LogP contribution in [0, 0.1) is 13.8 Å². The first-order valence-electron chi connectivity index (χ1n) is 15.2. The number of hydrogen-bond donors (Lipinski definition) is 4. The molecule has 0 spiro atoms. The van der Waals surface area contributed by atoms with Gasteiger partial charge in [-0.1, -0.05) is 6.92 Å². The molecule has 0 atom stereocenters. The van der Waals surface area contributed by atoms with Gasteiger partial charge in [0.2, 0.25) is 0 Å². The van der Waals surface area contributed by atoms with Crippen molar-refractivity contribution >= 4 is 77.9 Å². The molecule has 6 aromatic rings. The van der Waals surface area contributed by atoms with Crippen LogP contribution in [0.5, 0.6) is 0 Å². The van der Waals surface area contributed by atoms with Crippen molar-refractivity contribution in [1.29, 1.82) is 0 Å². The third kappa shape index (κ3) is 4.66. The van der Waals surface area contributed by atoms with Crippen LogP contribution in [0.25, 0.3) is 65.9 Å². The standard InChI is InChI=1S/C36H33N5O4/c1-5-20-17(2)28-14-26-18(3)21(7-10-32(42)43)29(38-26)16-30-22(8-11-33(44)45)19(4)27(39-30)15-31-23-12-13-37-25-9-6-24(35(20)40-28)36(41-31)34(23)25/h6,9,12-16,39-40H,5,7-8,10-11H2,1-4H3,(H,42,43)(H,44,45). The number of rotatable bonds is 7. The number of aromatic nitrogens is 5. The first-order chi connectivity index (χ1) is 21.6. The molecule has 0 radical (unpaired) electrons. The molecule has 0 aliphatic carbocycles. The van der Waals surface area contributed by atoms with Gasteiger partial charge in [-0.25, -0.2) is 9.97 Å². The number of allylic oxidation sites excluding steroid dienone is 2. The molecule has 0 fully saturated rings. The summed E-state index contributed by atoms with van der Waals surface area (Å²) in [6, 6.07) is 12.1. The molecule has 0 unspecified atom stereocenters. The Bertz CT molecular complexity index is 2360. The maximum atomic E-state index is 11.6. The lowest BCUT2D eigenvalue weighted by Gasteiger charge is -2.03. The first-order valence-corrected chi connectivity index (χ1v) is 15.2. The first kappa shape index (κ1) is 28.5. The summed E-state index contributed by atoms with van der Waals surface area (Å²) in [7, 11) is 0. The highest BCUT2D eigenvalue weighted by Gasteiger charge is 2.21. The number of nitrogens with one attached hydrogen (secondary N) is 2. The van der Waals surface area contributed by atoms with Crippen molar-refractivity contribution in [1.82, 2.24) is 24.9 Å². The zero-order valence-electron chi connectivity index (χ0n) is 25.6. The maximum Gasteiger partial charge on any atom is 0.303 e. The molecule has 1 aromatic carbocycles. The topological polar surface area (TPSA) is 145 Å². The number of carboxylic acids is 2. The summed E-state index contributed by atoms with van der Waals surface area (Å²) in [5.74, 6) is -1.75. The number of nitrogens with zero attached hydrogens (tertiary/aromatic N) is 3. The molecule has 9 nitrogen and oxygen atoms in total. The number of carboxylic acid groups (broad SMARTS) is 2. The molecular formula is C36H33N5O4. The Kier molecular flexibility index (Phi) is 6.76. The third-order valence-corrected chi connectivity index (χ3v) is 9.29. The summed E-state index contributed by atoms with van der Waals surface area (Å²) in [5, 5.41) is 22.1. The Balaban J connectivity index is 1.68. The van der Waals surface area contributed by atoms with Crippen molar-refractivity contribution in [2.75, 3.05) is 0 Å². The number of carbonyl (C=O) groups is 2. The zero-order chi connectivity index (χ0) is 31.6. The van der Waals surface area contributed by atoms with Crippen LogP contribution in [0.3, 0.4) is 0 Å². The van der Waals surface area contributed by atoms with E-state index in [2.05, 4.69) is 34.9 Å². The number of aliphatic carboxylic acids is 2. The van der Waals surface area contributed by atoms with Crippen LogP contribution in [0.1, 0.15) is 66.8 Å². The molecule has 4 N–H and O–H groups in total. The summed E-state index contributed by atoms with van der Waals surface area (Å²) in [4.78, 5) is 45.4. The van der Waals surface area contributed by atoms with Crippen LogP contribution in [-0.2, 0) is 22.4 Å². The van der Waals surface area contributed by atoms with Gasteiger partial charge in [0, 0.05) is 51.7 Å². The minimum Gasteiger partial charge on any atom is -0.481 e. The quantitative estimate of drug-likeness (QED) is 0.147. The number of H-pyrrole nitrogens is 2. The SMILES string of the molecule is CCc1c(C)c2cc3nc(cc4[nH]c(cc5nc6c(ccc7nccc5c76)c1[nH]2)c(C)c4CCC(=O)O)C(CCC(=O)O)=C3C. The second-order valence-corrected chi connectivity index (χ2v) is 11.8. The molecule has 5 aromatic heterocycles. The molecule has 0 amide bonds. The molecule has 1 aliphatic heterocycles. The molecule has 8 bridgehead atoms. The minimum absolute atomic E-state index is 0.0214. The summed E-state index contributed by atoms with van der Waals surface area (Å²) in [6.07, 6.45) is 3.25. The molecule has 0 saturated heterocycles. The van der Waals surface area contributed by atoms with Crippen LogP contribution in [-0.4, -0.2) is 47.1 Å². The van der Waals surface area contributed by atoms with Gasteiger partial charge in [-0.2, -0.15) is 0 Å². The van der Waals surface area contributed by atoms with Crippen LogP contribution < -0.4 is 0 Å². The van der Waals surface area contributed by atoms with E-state index in [9.17, 15) is 19.8 Å². The minimum atomic E-state index is -0.874. The van der Waals surface area contributed by atoms with Gasteiger partial charge in [0.25, 0.3) is 0 Å². The summed E-state index contributed by atoms with van der Waals surface area (Å²) in [5.41, 5.74) is 13.5. The predicted octanol–water partition coefficient (Wildman–Crippen LogP) is 7.72. The Morgan fingerprint density at radius 3 is 2.22 bits per heavy atom. The fourth-order valence-electron chi connectivity index (χ4n) is 6.87. The highest BCUT2D eigenvalue weighted by Crippen LogP contribution is 2.38. The van der Waals surface area contributed by atoms with E-state index in [1.807, 2.05) is 44.2 Å². The van der Waals surface area contributed by atoms with E-state index in [-0.39, 0.29) is 12.8 Å². The Morgan fingerprint density at radius 1 is 0.756 bits per heavy atom. The van der Waals surface area contributed by atoms with E-state index in [0.29, 0.717) is 18.5 Å². The van der Waals surface area contributed by atoms with Crippen molar-refractivity contribution in [3.63, 3.8) is 0 Å². The Morgan fingerprint density at radius 2 is 1.47 bits per heavy atom. The molecule has 1 aliphatic rings. The van der Waals surface area contributed by atoms with Gasteiger partial charge in [-0.15, -0.1) is 0 Å². The molecule has 7 rings (SSSR count). The van der Waals surface area contributed by atoms with Crippen molar-refractivity contribution in [2.24, 2.45) is 0 Å². The van der Waals surface area contributed by atoms with Crippen molar-refractivity contribution in [3.05, 3.63) is 76.2 Å². The van der Waals surface area contributed by atoms with E-state index in [1.165, 1.54) is 5.56 Å². The summed E-state index contributed by atoms with van der Waals surface area (Å²) >= 11 is 0. The van der Waals surface area contributed by atoms with Crippen molar-refractivity contribution in [2.45, 2.75) is 59.8 Å². The molecular weight excluding hydrogens is 566 g/mol. The van der Waals surface area contributed by atoms with Crippen LogP contribution in [0.15, 0.2) is 42.6 Å². The van der Waals surface area contributed by atoms with E-state index in [0.717, 1.165) is 94.7 Å². The molecule has 9 heteroatoms. The van der Waals surface area contributed by atoms with Gasteiger partial charge in [0.15, 0.2) is 0 Å². The van der Waals surface area contributed by atoms with Gasteiger partial charge in [0.1, 0.15) is 0 Å². The zero-order valence-corrected chi connectivity index (χ0v) is 25.6. The van der Waals surface area contributed by atoms with Crippen molar-refractivity contribution in [3.8, 4) is 0 Å². The highest BCUT2D eigenvalue weighted by molar-refractivity contribution is 6.22. The fraction of sp³-hybridized carbons (Fsp3) is 0.250. The van der Waals surface area contributed by atoms with Gasteiger partial charge < -0.3 is 20.2 Å². The average molecular weight is 600 g/mol. The average Bonchev–Trinajstić information content (AvgIpc) is 3.70. The molecule has 45 heavy (non-hydrogen) atoms. The van der Waals surface area contributed by atoms with Crippen LogP contribution in [0.4, 0.5) is 0 Å². The molecule has 6 heterocycles. The number of fused-ring (bicyclic) bond motifs is 9. The second kappa shape index (κ2) is 10.7. The Labute approximate surface area is 258 Å². The largest absolute Gasteiger partial charge is 0.481 e. The summed E-state index contributed by atoms with van der Waals surface area (Å²) in [6.45, 7) is 8.24. The van der Waals surface area contributed by atoms with E-state index in [4.69, 9.17) is 9.97 Å². The highest BCUT2D eigenvalue weighted by atomic mass is 16.4. The second-order valence-electron chi connectivity index (χ2n) is 11.8. The lowest BCUT2D eigenvalue weighted by atomic mass is 10.00. The Hall–Kier alpha value is -5.31. The van der Waals surface area contributed by atoms with Gasteiger partial charge in [0.05, 0.1) is 33.5 Å². The van der Waals surface area contributed by atoms with E-state index >= 15 is 0 Å². The van der Waals surface area contributed by atoms with Gasteiger partial charge >= 0.3 is 11.9 Å². The normalized spacial score (nSPS) is 12.7. The number of aromatic amines is 2. The number of aryl methyl sites for hydroxylation is 4.